The second kappa shape index (κ2) is 6.72. The van der Waals surface area contributed by atoms with Crippen LogP contribution in [0.25, 0.3) is 10.9 Å². The van der Waals surface area contributed by atoms with Gasteiger partial charge in [-0.05, 0) is 65.6 Å². The minimum absolute atomic E-state index is 0.446. The largest absolute Gasteiger partial charge is 0.361 e. The molecule has 0 aliphatic carbocycles. The summed E-state index contributed by atoms with van der Waals surface area (Å²) in [7, 11) is 0. The Morgan fingerprint density at radius 3 is 2.77 bits per heavy atom. The van der Waals surface area contributed by atoms with E-state index < -0.39 is 0 Å². The van der Waals surface area contributed by atoms with Crippen LogP contribution < -0.4 is 10.7 Å². The lowest BCUT2D eigenvalue weighted by Crippen LogP contribution is -2.23. The van der Waals surface area contributed by atoms with Gasteiger partial charge in [0.05, 0.1) is 6.21 Å². The van der Waals surface area contributed by atoms with Crippen LogP contribution in [0.5, 0.6) is 0 Å². The molecule has 4 nitrogen and oxygen atoms in total. The number of rotatable bonds is 3. The molecule has 0 aliphatic heterocycles. The van der Waals surface area contributed by atoms with Crippen molar-refractivity contribution in [2.24, 2.45) is 5.10 Å². The number of halogens is 1. The highest BCUT2D eigenvalue weighted by atomic mass is 79.9. The molecule has 0 fully saturated rings. The third kappa shape index (κ3) is 3.72. The van der Waals surface area contributed by atoms with Gasteiger partial charge in [-0.2, -0.15) is 5.10 Å². The van der Waals surface area contributed by atoms with Crippen LogP contribution in [0.4, 0.5) is 5.69 Å². The summed E-state index contributed by atoms with van der Waals surface area (Å²) in [6.07, 6.45) is 3.66. The second-order valence-electron chi connectivity index (χ2n) is 4.66. The lowest BCUT2D eigenvalue weighted by Gasteiger charge is -2.06. The Labute approximate surface area is 141 Å². The number of fused-ring (bicyclic) bond motifs is 1. The molecule has 0 bridgehead atoms. The standard InChI is InChI=1S/C16H13BrN4S/c17-13-2-4-14(5-3-13)20-16(22)21-19-10-11-1-6-15-12(9-11)7-8-18-15/h1-10,18H,(H2,20,21,22)/b19-10+. The molecule has 0 radical (unpaired) electrons. The van der Waals surface area contributed by atoms with Crippen LogP contribution in [-0.2, 0) is 0 Å². The fraction of sp³-hybridized carbons (Fsp3) is 0. The van der Waals surface area contributed by atoms with Crippen molar-refractivity contribution in [2.75, 3.05) is 5.32 Å². The van der Waals surface area contributed by atoms with Crippen LogP contribution >= 0.6 is 28.1 Å². The quantitative estimate of drug-likeness (QED) is 0.366. The van der Waals surface area contributed by atoms with Crippen molar-refractivity contribution in [2.45, 2.75) is 0 Å². The summed E-state index contributed by atoms with van der Waals surface area (Å²) >= 11 is 8.59. The molecule has 3 rings (SSSR count). The van der Waals surface area contributed by atoms with Gasteiger partial charge in [0.2, 0.25) is 0 Å². The maximum Gasteiger partial charge on any atom is 0.191 e. The number of hydrogen-bond donors (Lipinski definition) is 3. The van der Waals surface area contributed by atoms with E-state index in [-0.39, 0.29) is 0 Å². The molecule has 0 saturated heterocycles. The topological polar surface area (TPSA) is 52.2 Å². The summed E-state index contributed by atoms with van der Waals surface area (Å²) < 4.78 is 1.02. The molecular weight excluding hydrogens is 360 g/mol. The number of H-pyrrole nitrogens is 1. The van der Waals surface area contributed by atoms with E-state index in [2.05, 4.69) is 42.8 Å². The molecule has 110 valence electrons. The molecule has 0 spiro atoms. The van der Waals surface area contributed by atoms with Crippen molar-refractivity contribution in [3.8, 4) is 0 Å². The van der Waals surface area contributed by atoms with Gasteiger partial charge in [-0.25, -0.2) is 0 Å². The second-order valence-corrected chi connectivity index (χ2v) is 5.98. The number of anilines is 1. The van der Waals surface area contributed by atoms with E-state index >= 15 is 0 Å². The number of nitrogens with zero attached hydrogens (tertiary/aromatic N) is 1. The van der Waals surface area contributed by atoms with Crippen molar-refractivity contribution in [3.05, 3.63) is 64.8 Å². The van der Waals surface area contributed by atoms with E-state index in [0.717, 1.165) is 26.6 Å². The van der Waals surface area contributed by atoms with E-state index in [4.69, 9.17) is 12.2 Å². The predicted molar refractivity (Wildman–Crippen MR) is 99.4 cm³/mol. The third-order valence-corrected chi connectivity index (χ3v) is 3.78. The van der Waals surface area contributed by atoms with Crippen molar-refractivity contribution in [1.29, 1.82) is 0 Å². The van der Waals surface area contributed by atoms with Crippen LogP contribution in [-0.4, -0.2) is 16.3 Å². The summed E-state index contributed by atoms with van der Waals surface area (Å²) in [5.74, 6) is 0. The molecule has 3 N–H and O–H groups in total. The highest BCUT2D eigenvalue weighted by Gasteiger charge is 1.97. The van der Waals surface area contributed by atoms with Gasteiger partial charge in [0, 0.05) is 21.9 Å². The zero-order valence-electron chi connectivity index (χ0n) is 11.5. The lowest BCUT2D eigenvalue weighted by atomic mass is 10.2. The molecule has 3 aromatic rings. The first-order valence-corrected chi connectivity index (χ1v) is 7.83. The first-order chi connectivity index (χ1) is 10.7. The van der Waals surface area contributed by atoms with Gasteiger partial charge >= 0.3 is 0 Å². The molecule has 1 aromatic heterocycles. The highest BCUT2D eigenvalue weighted by Crippen LogP contribution is 2.14. The van der Waals surface area contributed by atoms with Crippen molar-refractivity contribution >= 4 is 56.1 Å². The van der Waals surface area contributed by atoms with Crippen molar-refractivity contribution in [1.82, 2.24) is 10.4 Å². The Balaban J connectivity index is 1.58. The SMILES string of the molecule is S=C(N/N=C/c1ccc2[nH]ccc2c1)Nc1ccc(Br)cc1. The predicted octanol–water partition coefficient (Wildman–Crippen LogP) is 4.25. The minimum Gasteiger partial charge on any atom is -0.361 e. The van der Waals surface area contributed by atoms with Gasteiger partial charge in [0.1, 0.15) is 0 Å². The average molecular weight is 373 g/mol. The number of thiocarbonyl (C=S) groups is 1. The zero-order chi connectivity index (χ0) is 15.4. The van der Waals surface area contributed by atoms with Gasteiger partial charge in [-0.1, -0.05) is 22.0 Å². The zero-order valence-corrected chi connectivity index (χ0v) is 13.9. The molecule has 0 saturated carbocycles. The molecule has 1 heterocycles. The summed E-state index contributed by atoms with van der Waals surface area (Å²) in [5, 5.41) is 8.81. The normalized spacial score (nSPS) is 11.0. The maximum atomic E-state index is 5.19. The summed E-state index contributed by atoms with van der Waals surface area (Å²) in [5.41, 5.74) is 5.83. The number of nitrogens with one attached hydrogen (secondary N) is 3. The van der Waals surface area contributed by atoms with Gasteiger partial charge in [0.15, 0.2) is 5.11 Å². The fourth-order valence-electron chi connectivity index (χ4n) is 2.01. The molecule has 0 aliphatic rings. The van der Waals surface area contributed by atoms with Crippen LogP contribution in [0.15, 0.2) is 64.3 Å². The Bertz CT molecular complexity index is 824. The van der Waals surface area contributed by atoms with E-state index in [0.29, 0.717) is 5.11 Å². The van der Waals surface area contributed by atoms with Crippen LogP contribution in [0, 0.1) is 0 Å². The maximum absolute atomic E-state index is 5.19. The highest BCUT2D eigenvalue weighted by molar-refractivity contribution is 9.10. The minimum atomic E-state index is 0.446. The van der Waals surface area contributed by atoms with E-state index in [1.165, 1.54) is 0 Å². The van der Waals surface area contributed by atoms with Crippen LogP contribution in [0.3, 0.4) is 0 Å². The van der Waals surface area contributed by atoms with E-state index in [1.807, 2.05) is 48.7 Å². The van der Waals surface area contributed by atoms with Crippen LogP contribution in [0.1, 0.15) is 5.56 Å². The van der Waals surface area contributed by atoms with Gasteiger partial charge in [0.25, 0.3) is 0 Å². The molecule has 6 heteroatoms. The number of aromatic amines is 1. The first kappa shape index (κ1) is 14.7. The molecule has 0 unspecified atom stereocenters. The third-order valence-electron chi connectivity index (χ3n) is 3.06. The van der Waals surface area contributed by atoms with E-state index in [9.17, 15) is 0 Å². The van der Waals surface area contributed by atoms with Gasteiger partial charge in [-0.3, -0.25) is 5.43 Å². The monoisotopic (exact) mass is 372 g/mol. The number of hydrogen-bond acceptors (Lipinski definition) is 2. The molecular formula is C16H13BrN4S. The summed E-state index contributed by atoms with van der Waals surface area (Å²) in [6, 6.07) is 15.9. The van der Waals surface area contributed by atoms with Crippen molar-refractivity contribution in [3.63, 3.8) is 0 Å². The van der Waals surface area contributed by atoms with Gasteiger partial charge < -0.3 is 10.3 Å². The molecule has 2 aromatic carbocycles. The molecule has 0 atom stereocenters. The summed E-state index contributed by atoms with van der Waals surface area (Å²) in [6.45, 7) is 0. The van der Waals surface area contributed by atoms with E-state index in [1.54, 1.807) is 6.21 Å². The Morgan fingerprint density at radius 1 is 1.14 bits per heavy atom. The number of aromatic nitrogens is 1. The fourth-order valence-corrected chi connectivity index (χ4v) is 2.44. The molecule has 0 amide bonds. The lowest BCUT2D eigenvalue weighted by molar-refractivity contribution is 1.05. The van der Waals surface area contributed by atoms with Crippen molar-refractivity contribution < 1.29 is 0 Å². The van der Waals surface area contributed by atoms with Crippen LogP contribution in [0.2, 0.25) is 0 Å². The Kier molecular flexibility index (Phi) is 4.50. The molecule has 22 heavy (non-hydrogen) atoms. The smallest absolute Gasteiger partial charge is 0.191 e. The number of benzene rings is 2. The Hall–Kier alpha value is -2.18. The summed E-state index contributed by atoms with van der Waals surface area (Å²) in [4.78, 5) is 3.16. The first-order valence-electron chi connectivity index (χ1n) is 6.63. The Morgan fingerprint density at radius 2 is 1.95 bits per heavy atom. The average Bonchev–Trinajstić information content (AvgIpc) is 2.97. The van der Waals surface area contributed by atoms with Gasteiger partial charge in [-0.15, -0.1) is 0 Å². The number of hydrazone groups is 1.